The highest BCUT2D eigenvalue weighted by atomic mass is 19.4. The van der Waals surface area contributed by atoms with E-state index < -0.39 is 18.0 Å². The molecule has 0 spiro atoms. The van der Waals surface area contributed by atoms with E-state index in [9.17, 15) is 18.0 Å². The number of hydrogen-bond donors (Lipinski definition) is 1. The Labute approximate surface area is 110 Å². The zero-order chi connectivity index (χ0) is 14.6. The van der Waals surface area contributed by atoms with Gasteiger partial charge in [-0.2, -0.15) is 28.4 Å². The van der Waals surface area contributed by atoms with E-state index in [-0.39, 0.29) is 18.8 Å². The maximum atomic E-state index is 12.2. The topological polar surface area (TPSA) is 93.8 Å². The molecule has 0 atom stereocenters. The second-order valence-electron chi connectivity index (χ2n) is 3.65. The molecule has 20 heavy (non-hydrogen) atoms. The summed E-state index contributed by atoms with van der Waals surface area (Å²) in [4.78, 5) is 14.8. The third kappa shape index (κ3) is 3.49. The fraction of sp³-hybridized carbons (Fsp3) is 0.300. The predicted molar refractivity (Wildman–Crippen MR) is 57.4 cm³/mol. The first-order chi connectivity index (χ1) is 9.47. The minimum atomic E-state index is -4.67. The summed E-state index contributed by atoms with van der Waals surface area (Å²) < 4.78 is 40.6. The number of hydrogen-bond acceptors (Lipinski definition) is 6. The second kappa shape index (κ2) is 5.63. The van der Waals surface area contributed by atoms with Crippen molar-refractivity contribution in [2.45, 2.75) is 12.6 Å². The van der Waals surface area contributed by atoms with Crippen LogP contribution < -0.4 is 5.32 Å². The van der Waals surface area contributed by atoms with Gasteiger partial charge in [0.15, 0.2) is 5.82 Å². The van der Waals surface area contributed by atoms with Gasteiger partial charge in [0.05, 0.1) is 18.0 Å². The summed E-state index contributed by atoms with van der Waals surface area (Å²) in [7, 11) is 0. The molecule has 1 N–H and O–H groups in total. The van der Waals surface area contributed by atoms with Crippen LogP contribution in [0.4, 0.5) is 13.2 Å². The molecule has 0 saturated heterocycles. The predicted octanol–water partition coefficient (Wildman–Crippen LogP) is 0.851. The molecule has 106 valence electrons. The average Bonchev–Trinajstić information content (AvgIpc) is 2.88. The Balaban J connectivity index is 1.85. The highest BCUT2D eigenvalue weighted by Gasteiger charge is 2.38. The normalized spacial score (nSPS) is 11.3. The number of rotatable bonds is 4. The molecule has 0 aliphatic heterocycles. The van der Waals surface area contributed by atoms with Gasteiger partial charge in [-0.15, -0.1) is 0 Å². The lowest BCUT2D eigenvalue weighted by atomic mass is 10.3. The van der Waals surface area contributed by atoms with E-state index in [1.54, 1.807) is 0 Å². The van der Waals surface area contributed by atoms with Crippen LogP contribution in [-0.2, 0) is 12.6 Å². The fourth-order valence-electron chi connectivity index (χ4n) is 1.29. The molecule has 0 unspecified atom stereocenters. The van der Waals surface area contributed by atoms with E-state index in [4.69, 9.17) is 0 Å². The van der Waals surface area contributed by atoms with Crippen LogP contribution in [0.2, 0.25) is 0 Å². The number of amides is 1. The minimum Gasteiger partial charge on any atom is -0.352 e. The molecule has 0 saturated carbocycles. The summed E-state index contributed by atoms with van der Waals surface area (Å²) >= 11 is 0. The summed E-state index contributed by atoms with van der Waals surface area (Å²) in [6.07, 6.45) is -2.03. The first-order valence-electron chi connectivity index (χ1n) is 5.41. The SMILES string of the molecule is O=C(NCCc1noc(C(F)(F)F)n1)c1ccnnc1. The summed E-state index contributed by atoms with van der Waals surface area (Å²) in [6.45, 7) is 0.0674. The van der Waals surface area contributed by atoms with Crippen LogP contribution in [0.1, 0.15) is 22.1 Å². The second-order valence-corrected chi connectivity index (χ2v) is 3.65. The summed E-state index contributed by atoms with van der Waals surface area (Å²) in [5.41, 5.74) is 0.295. The van der Waals surface area contributed by atoms with E-state index in [2.05, 4.69) is 30.2 Å². The van der Waals surface area contributed by atoms with Crippen LogP contribution in [0.3, 0.4) is 0 Å². The fourth-order valence-corrected chi connectivity index (χ4v) is 1.29. The quantitative estimate of drug-likeness (QED) is 0.896. The monoisotopic (exact) mass is 287 g/mol. The van der Waals surface area contributed by atoms with Crippen LogP contribution in [-0.4, -0.2) is 32.8 Å². The molecular weight excluding hydrogens is 279 g/mol. The molecule has 0 bridgehead atoms. The Kier molecular flexibility index (Phi) is 3.91. The Morgan fingerprint density at radius 1 is 1.35 bits per heavy atom. The third-order valence-electron chi connectivity index (χ3n) is 2.19. The highest BCUT2D eigenvalue weighted by molar-refractivity contribution is 5.93. The van der Waals surface area contributed by atoms with Crippen molar-refractivity contribution in [2.24, 2.45) is 0 Å². The molecule has 0 radical (unpaired) electrons. The van der Waals surface area contributed by atoms with E-state index >= 15 is 0 Å². The molecule has 0 aliphatic rings. The van der Waals surface area contributed by atoms with Gasteiger partial charge in [0.1, 0.15) is 0 Å². The molecule has 2 heterocycles. The van der Waals surface area contributed by atoms with Gasteiger partial charge in [0.25, 0.3) is 5.91 Å². The van der Waals surface area contributed by atoms with Gasteiger partial charge in [0.2, 0.25) is 0 Å². The van der Waals surface area contributed by atoms with Gasteiger partial charge in [0, 0.05) is 13.0 Å². The van der Waals surface area contributed by atoms with Crippen LogP contribution in [0.5, 0.6) is 0 Å². The lowest BCUT2D eigenvalue weighted by Crippen LogP contribution is -2.26. The summed E-state index contributed by atoms with van der Waals surface area (Å²) in [5.74, 6) is -1.96. The van der Waals surface area contributed by atoms with E-state index in [0.29, 0.717) is 5.56 Å². The van der Waals surface area contributed by atoms with Gasteiger partial charge in [-0.05, 0) is 6.07 Å². The Bertz CT molecular complexity index is 584. The van der Waals surface area contributed by atoms with E-state index in [1.807, 2.05) is 0 Å². The summed E-state index contributed by atoms with van der Waals surface area (Å²) in [5, 5.41) is 12.7. The van der Waals surface area contributed by atoms with E-state index in [0.717, 1.165) is 0 Å². The van der Waals surface area contributed by atoms with Crippen molar-refractivity contribution in [3.05, 3.63) is 35.7 Å². The molecule has 2 aromatic heterocycles. The lowest BCUT2D eigenvalue weighted by Gasteiger charge is -2.02. The summed E-state index contributed by atoms with van der Waals surface area (Å²) in [6, 6.07) is 1.46. The number of aromatic nitrogens is 4. The van der Waals surface area contributed by atoms with Gasteiger partial charge >= 0.3 is 12.1 Å². The largest absolute Gasteiger partial charge is 0.471 e. The molecule has 1 amide bonds. The van der Waals surface area contributed by atoms with Crippen molar-refractivity contribution < 1.29 is 22.5 Å². The smallest absolute Gasteiger partial charge is 0.352 e. The number of carbonyl (C=O) groups is 1. The number of nitrogens with one attached hydrogen (secondary N) is 1. The zero-order valence-corrected chi connectivity index (χ0v) is 9.89. The van der Waals surface area contributed by atoms with Gasteiger partial charge in [-0.3, -0.25) is 4.79 Å². The van der Waals surface area contributed by atoms with Gasteiger partial charge in [-0.25, -0.2) is 0 Å². The first kappa shape index (κ1) is 13.9. The molecule has 10 heteroatoms. The third-order valence-corrected chi connectivity index (χ3v) is 2.19. The molecule has 7 nitrogen and oxygen atoms in total. The van der Waals surface area contributed by atoms with Crippen LogP contribution in [0.15, 0.2) is 23.0 Å². The Morgan fingerprint density at radius 2 is 2.15 bits per heavy atom. The highest BCUT2D eigenvalue weighted by Crippen LogP contribution is 2.27. The Hall–Kier alpha value is -2.52. The van der Waals surface area contributed by atoms with Crippen molar-refractivity contribution in [3.63, 3.8) is 0 Å². The van der Waals surface area contributed by atoms with Crippen molar-refractivity contribution >= 4 is 5.91 Å². The maximum absolute atomic E-state index is 12.2. The first-order valence-corrected chi connectivity index (χ1v) is 5.41. The van der Waals surface area contributed by atoms with Gasteiger partial charge < -0.3 is 9.84 Å². The average molecular weight is 287 g/mol. The van der Waals surface area contributed by atoms with Crippen LogP contribution in [0, 0.1) is 0 Å². The molecule has 0 fully saturated rings. The van der Waals surface area contributed by atoms with Crippen molar-refractivity contribution in [2.75, 3.05) is 6.54 Å². The van der Waals surface area contributed by atoms with Gasteiger partial charge in [-0.1, -0.05) is 5.16 Å². The number of halogens is 3. The van der Waals surface area contributed by atoms with Crippen molar-refractivity contribution in [3.8, 4) is 0 Å². The van der Waals surface area contributed by atoms with Crippen molar-refractivity contribution in [1.29, 1.82) is 0 Å². The minimum absolute atomic E-state index is 0.0177. The number of carbonyl (C=O) groups excluding carboxylic acids is 1. The van der Waals surface area contributed by atoms with E-state index in [1.165, 1.54) is 18.5 Å². The molecule has 0 aromatic carbocycles. The number of alkyl halides is 3. The number of nitrogens with zero attached hydrogens (tertiary/aromatic N) is 4. The maximum Gasteiger partial charge on any atom is 0.471 e. The molecular formula is C10H8F3N5O2. The molecule has 2 rings (SSSR count). The van der Waals surface area contributed by atoms with Crippen LogP contribution >= 0.6 is 0 Å². The standard InChI is InChI=1S/C10H8F3N5O2/c11-10(12,13)9-17-7(18-20-9)2-3-14-8(19)6-1-4-15-16-5-6/h1,4-5H,2-3H2,(H,14,19). The van der Waals surface area contributed by atoms with Crippen molar-refractivity contribution in [1.82, 2.24) is 25.7 Å². The molecule has 0 aliphatic carbocycles. The Morgan fingerprint density at radius 3 is 2.75 bits per heavy atom. The zero-order valence-electron chi connectivity index (χ0n) is 9.89. The molecule has 2 aromatic rings. The lowest BCUT2D eigenvalue weighted by molar-refractivity contribution is -0.159. The van der Waals surface area contributed by atoms with Crippen LogP contribution in [0.25, 0.3) is 0 Å².